The summed E-state index contributed by atoms with van der Waals surface area (Å²) < 4.78 is 7.79. The van der Waals surface area contributed by atoms with Crippen molar-refractivity contribution in [1.82, 2.24) is 19.9 Å². The monoisotopic (exact) mass is 288 g/mol. The van der Waals surface area contributed by atoms with Crippen LogP contribution in [0, 0.1) is 5.92 Å². The number of nitrogens with zero attached hydrogens (tertiary/aromatic N) is 3. The van der Waals surface area contributed by atoms with Gasteiger partial charge in [0.2, 0.25) is 0 Å². The van der Waals surface area contributed by atoms with E-state index < -0.39 is 0 Å². The van der Waals surface area contributed by atoms with Gasteiger partial charge >= 0.3 is 0 Å². The molecule has 0 saturated carbocycles. The minimum Gasteiger partial charge on any atom is -0.484 e. The van der Waals surface area contributed by atoms with Crippen LogP contribution in [-0.2, 0) is 19.7 Å². The van der Waals surface area contributed by atoms with Crippen LogP contribution in [0.15, 0.2) is 30.7 Å². The molecule has 5 nitrogen and oxygen atoms in total. The second kappa shape index (κ2) is 7.78. The molecule has 2 aromatic rings. The fraction of sp³-hybridized carbons (Fsp3) is 0.500. The molecule has 0 aliphatic carbocycles. The lowest BCUT2D eigenvalue weighted by molar-refractivity contribution is 0.288. The number of imidazole rings is 1. The van der Waals surface area contributed by atoms with Gasteiger partial charge in [0.1, 0.15) is 18.2 Å². The zero-order valence-electron chi connectivity index (χ0n) is 13.0. The summed E-state index contributed by atoms with van der Waals surface area (Å²) in [6.45, 7) is 9.63. The molecule has 2 heterocycles. The summed E-state index contributed by atoms with van der Waals surface area (Å²) in [5.74, 6) is 2.35. The van der Waals surface area contributed by atoms with Crippen LogP contribution in [0.25, 0.3) is 0 Å². The number of hydrogen-bond donors (Lipinski definition) is 1. The van der Waals surface area contributed by atoms with Crippen molar-refractivity contribution in [2.45, 2.75) is 40.5 Å². The van der Waals surface area contributed by atoms with Gasteiger partial charge in [0, 0.05) is 25.5 Å². The molecule has 0 radical (unpaired) electrons. The number of pyridine rings is 1. The summed E-state index contributed by atoms with van der Waals surface area (Å²) in [7, 11) is 0. The molecular weight excluding hydrogens is 264 g/mol. The van der Waals surface area contributed by atoms with Gasteiger partial charge in [0.25, 0.3) is 0 Å². The van der Waals surface area contributed by atoms with E-state index in [1.54, 1.807) is 12.4 Å². The highest BCUT2D eigenvalue weighted by atomic mass is 16.5. The summed E-state index contributed by atoms with van der Waals surface area (Å²) >= 11 is 0. The van der Waals surface area contributed by atoms with E-state index >= 15 is 0 Å². The molecule has 0 atom stereocenters. The second-order valence-electron chi connectivity index (χ2n) is 5.43. The first kappa shape index (κ1) is 15.5. The Kier molecular flexibility index (Phi) is 5.75. The molecule has 0 aliphatic heterocycles. The Balaban J connectivity index is 1.82. The predicted molar refractivity (Wildman–Crippen MR) is 83.0 cm³/mol. The van der Waals surface area contributed by atoms with Crippen molar-refractivity contribution in [2.75, 3.05) is 6.54 Å². The SMILES string of the molecule is CCn1ccnc1COc1ccc(CNCC(C)C)nc1. The smallest absolute Gasteiger partial charge is 0.146 e. The lowest BCUT2D eigenvalue weighted by Crippen LogP contribution is -2.19. The lowest BCUT2D eigenvalue weighted by Gasteiger charge is -2.09. The van der Waals surface area contributed by atoms with E-state index in [1.165, 1.54) is 0 Å². The summed E-state index contributed by atoms with van der Waals surface area (Å²) in [6.07, 6.45) is 5.52. The highest BCUT2D eigenvalue weighted by Crippen LogP contribution is 2.11. The van der Waals surface area contributed by atoms with Crippen LogP contribution in [0.5, 0.6) is 5.75 Å². The van der Waals surface area contributed by atoms with Gasteiger partial charge in [-0.2, -0.15) is 0 Å². The standard InChI is InChI=1S/C16H24N4O/c1-4-20-8-7-18-16(20)12-21-15-6-5-14(19-11-15)10-17-9-13(2)3/h5-8,11,13,17H,4,9-10,12H2,1-3H3. The van der Waals surface area contributed by atoms with Gasteiger partial charge in [-0.15, -0.1) is 0 Å². The molecule has 0 unspecified atom stereocenters. The molecule has 0 saturated heterocycles. The second-order valence-corrected chi connectivity index (χ2v) is 5.43. The minimum atomic E-state index is 0.466. The third-order valence-electron chi connectivity index (χ3n) is 3.17. The van der Waals surface area contributed by atoms with Crippen LogP contribution in [0.1, 0.15) is 32.3 Å². The van der Waals surface area contributed by atoms with Crippen molar-refractivity contribution < 1.29 is 4.74 Å². The number of ether oxygens (including phenoxy) is 1. The van der Waals surface area contributed by atoms with Gasteiger partial charge in [0.05, 0.1) is 11.9 Å². The van der Waals surface area contributed by atoms with Gasteiger partial charge in [-0.3, -0.25) is 4.98 Å². The first-order chi connectivity index (χ1) is 10.2. The third kappa shape index (κ3) is 4.86. The summed E-state index contributed by atoms with van der Waals surface area (Å²) in [4.78, 5) is 8.69. The van der Waals surface area contributed by atoms with Crippen molar-refractivity contribution in [3.8, 4) is 5.75 Å². The fourth-order valence-corrected chi connectivity index (χ4v) is 2.01. The van der Waals surface area contributed by atoms with Gasteiger partial charge in [-0.1, -0.05) is 13.8 Å². The van der Waals surface area contributed by atoms with E-state index in [2.05, 4.69) is 40.6 Å². The molecule has 0 fully saturated rings. The maximum Gasteiger partial charge on any atom is 0.146 e. The third-order valence-corrected chi connectivity index (χ3v) is 3.17. The molecule has 1 N–H and O–H groups in total. The maximum atomic E-state index is 5.72. The molecule has 0 spiro atoms. The number of rotatable bonds is 8. The van der Waals surface area contributed by atoms with Crippen LogP contribution in [0.2, 0.25) is 0 Å². The van der Waals surface area contributed by atoms with Gasteiger partial charge in [-0.05, 0) is 31.5 Å². The number of aryl methyl sites for hydroxylation is 1. The molecule has 0 amide bonds. The first-order valence-corrected chi connectivity index (χ1v) is 7.47. The molecular formula is C16H24N4O. The van der Waals surface area contributed by atoms with Crippen LogP contribution >= 0.6 is 0 Å². The lowest BCUT2D eigenvalue weighted by atomic mass is 10.2. The van der Waals surface area contributed by atoms with Crippen molar-refractivity contribution in [3.05, 3.63) is 42.2 Å². The molecule has 0 aromatic carbocycles. The van der Waals surface area contributed by atoms with Gasteiger partial charge in [-0.25, -0.2) is 4.98 Å². The Labute approximate surface area is 126 Å². The van der Waals surface area contributed by atoms with Gasteiger partial charge < -0.3 is 14.6 Å². The van der Waals surface area contributed by atoms with E-state index in [-0.39, 0.29) is 0 Å². The highest BCUT2D eigenvalue weighted by molar-refractivity contribution is 5.20. The largest absolute Gasteiger partial charge is 0.484 e. The molecule has 2 aromatic heterocycles. The normalized spacial score (nSPS) is 11.0. The van der Waals surface area contributed by atoms with Crippen LogP contribution in [0.3, 0.4) is 0 Å². The fourth-order valence-electron chi connectivity index (χ4n) is 2.01. The molecule has 0 aliphatic rings. The topological polar surface area (TPSA) is 52.0 Å². The Morgan fingerprint density at radius 3 is 2.81 bits per heavy atom. The van der Waals surface area contributed by atoms with E-state index in [4.69, 9.17) is 4.74 Å². The minimum absolute atomic E-state index is 0.466. The first-order valence-electron chi connectivity index (χ1n) is 7.47. The van der Waals surface area contributed by atoms with E-state index in [0.717, 1.165) is 36.9 Å². The molecule has 21 heavy (non-hydrogen) atoms. The summed E-state index contributed by atoms with van der Waals surface area (Å²) in [5.41, 5.74) is 1.03. The van der Waals surface area contributed by atoms with E-state index in [9.17, 15) is 0 Å². The Bertz CT molecular complexity index is 533. The van der Waals surface area contributed by atoms with Crippen molar-refractivity contribution in [3.63, 3.8) is 0 Å². The molecule has 114 valence electrons. The average molecular weight is 288 g/mol. The highest BCUT2D eigenvalue weighted by Gasteiger charge is 2.03. The van der Waals surface area contributed by atoms with Crippen molar-refractivity contribution >= 4 is 0 Å². The number of hydrogen-bond acceptors (Lipinski definition) is 4. The quantitative estimate of drug-likeness (QED) is 0.811. The summed E-state index contributed by atoms with van der Waals surface area (Å²) in [6, 6.07) is 3.95. The number of nitrogens with one attached hydrogen (secondary N) is 1. The van der Waals surface area contributed by atoms with Crippen molar-refractivity contribution in [1.29, 1.82) is 0 Å². The molecule has 2 rings (SSSR count). The Hall–Kier alpha value is -1.88. The summed E-state index contributed by atoms with van der Waals surface area (Å²) in [5, 5.41) is 3.37. The Morgan fingerprint density at radius 1 is 1.29 bits per heavy atom. The number of aromatic nitrogens is 3. The maximum absolute atomic E-state index is 5.72. The zero-order chi connectivity index (χ0) is 15.1. The Morgan fingerprint density at radius 2 is 2.14 bits per heavy atom. The van der Waals surface area contributed by atoms with Crippen LogP contribution in [0.4, 0.5) is 0 Å². The van der Waals surface area contributed by atoms with Gasteiger partial charge in [0.15, 0.2) is 0 Å². The van der Waals surface area contributed by atoms with Crippen molar-refractivity contribution in [2.24, 2.45) is 5.92 Å². The van der Waals surface area contributed by atoms with E-state index in [1.807, 2.05) is 18.3 Å². The van der Waals surface area contributed by atoms with E-state index in [0.29, 0.717) is 12.5 Å². The zero-order valence-corrected chi connectivity index (χ0v) is 13.0. The average Bonchev–Trinajstić information content (AvgIpc) is 2.93. The van der Waals surface area contributed by atoms with Crippen LogP contribution in [-0.4, -0.2) is 21.1 Å². The van der Waals surface area contributed by atoms with Crippen LogP contribution < -0.4 is 10.1 Å². The molecule has 0 bridgehead atoms. The predicted octanol–water partition coefficient (Wildman–Crippen LogP) is 2.62. The molecule has 5 heteroatoms.